The first-order chi connectivity index (χ1) is 10.6. The molecule has 0 aromatic rings. The maximum atomic E-state index is 12.6. The van der Waals surface area contributed by atoms with Crippen molar-refractivity contribution in [2.45, 2.75) is 57.7 Å². The van der Waals surface area contributed by atoms with Crippen LogP contribution >= 0.6 is 0 Å². The molecule has 0 aliphatic carbocycles. The van der Waals surface area contributed by atoms with Crippen LogP contribution < -0.4 is 0 Å². The SMILES string of the molecule is C=C[C@]1(C(=O)OC)CC[C@H](/C=C/C(C)=O)N1C(=O)OC(C)(C)C. The lowest BCUT2D eigenvalue weighted by Gasteiger charge is -2.36. The predicted octanol–water partition coefficient (Wildman–Crippen LogP) is 2.63. The van der Waals surface area contributed by atoms with E-state index in [1.54, 1.807) is 26.8 Å². The van der Waals surface area contributed by atoms with Crippen molar-refractivity contribution in [1.29, 1.82) is 0 Å². The van der Waals surface area contributed by atoms with Crippen molar-refractivity contribution < 1.29 is 23.9 Å². The number of allylic oxidation sites excluding steroid dienone is 1. The quantitative estimate of drug-likeness (QED) is 0.452. The van der Waals surface area contributed by atoms with Gasteiger partial charge in [0, 0.05) is 0 Å². The van der Waals surface area contributed by atoms with Gasteiger partial charge in [-0.3, -0.25) is 9.69 Å². The Morgan fingerprint density at radius 1 is 1.30 bits per heavy atom. The second-order valence-electron chi connectivity index (χ2n) is 6.55. The highest BCUT2D eigenvalue weighted by atomic mass is 16.6. The van der Waals surface area contributed by atoms with E-state index in [0.717, 1.165) is 0 Å². The lowest BCUT2D eigenvalue weighted by atomic mass is 9.97. The number of ether oxygens (including phenoxy) is 2. The van der Waals surface area contributed by atoms with E-state index >= 15 is 0 Å². The van der Waals surface area contributed by atoms with E-state index in [4.69, 9.17) is 9.47 Å². The van der Waals surface area contributed by atoms with Crippen LogP contribution in [0.25, 0.3) is 0 Å². The molecule has 6 nitrogen and oxygen atoms in total. The first kappa shape index (κ1) is 18.9. The van der Waals surface area contributed by atoms with E-state index in [2.05, 4.69) is 6.58 Å². The van der Waals surface area contributed by atoms with Crippen molar-refractivity contribution in [2.24, 2.45) is 0 Å². The summed E-state index contributed by atoms with van der Waals surface area (Å²) in [7, 11) is 1.26. The first-order valence-corrected chi connectivity index (χ1v) is 7.50. The van der Waals surface area contributed by atoms with Gasteiger partial charge in [0.15, 0.2) is 11.3 Å². The highest BCUT2D eigenvalue weighted by Crippen LogP contribution is 2.38. The zero-order valence-corrected chi connectivity index (χ0v) is 14.4. The summed E-state index contributed by atoms with van der Waals surface area (Å²) in [5.74, 6) is -0.708. The number of likely N-dealkylation sites (tertiary alicyclic amines) is 1. The summed E-state index contributed by atoms with van der Waals surface area (Å²) in [5, 5.41) is 0. The highest BCUT2D eigenvalue weighted by Gasteiger charge is 2.53. The van der Waals surface area contributed by atoms with Gasteiger partial charge < -0.3 is 9.47 Å². The van der Waals surface area contributed by atoms with E-state index in [1.165, 1.54) is 31.1 Å². The molecule has 0 radical (unpaired) electrons. The van der Waals surface area contributed by atoms with E-state index in [0.29, 0.717) is 12.8 Å². The maximum absolute atomic E-state index is 12.6. The smallest absolute Gasteiger partial charge is 0.412 e. The second-order valence-corrected chi connectivity index (χ2v) is 6.55. The number of hydrogen-bond donors (Lipinski definition) is 0. The average molecular weight is 323 g/mol. The van der Waals surface area contributed by atoms with Gasteiger partial charge in [0.05, 0.1) is 13.2 Å². The monoisotopic (exact) mass is 323 g/mol. The van der Waals surface area contributed by atoms with Gasteiger partial charge in [-0.15, -0.1) is 6.58 Å². The average Bonchev–Trinajstić information content (AvgIpc) is 2.82. The van der Waals surface area contributed by atoms with Gasteiger partial charge in [-0.25, -0.2) is 9.59 Å². The molecule has 0 saturated carbocycles. The third kappa shape index (κ3) is 4.21. The molecular weight excluding hydrogens is 298 g/mol. The molecule has 1 heterocycles. The lowest BCUT2D eigenvalue weighted by molar-refractivity contribution is -0.150. The fourth-order valence-electron chi connectivity index (χ4n) is 2.61. The number of hydrogen-bond acceptors (Lipinski definition) is 5. The van der Waals surface area contributed by atoms with Gasteiger partial charge in [0.25, 0.3) is 0 Å². The number of nitrogens with zero attached hydrogens (tertiary/aromatic N) is 1. The van der Waals surface area contributed by atoms with Gasteiger partial charge in [-0.05, 0) is 46.6 Å². The number of carbonyl (C=O) groups is 3. The van der Waals surface area contributed by atoms with Crippen LogP contribution in [-0.2, 0) is 19.1 Å². The van der Waals surface area contributed by atoms with Gasteiger partial charge in [0.1, 0.15) is 5.60 Å². The highest BCUT2D eigenvalue weighted by molar-refractivity contribution is 5.90. The van der Waals surface area contributed by atoms with Crippen LogP contribution in [0.1, 0.15) is 40.5 Å². The van der Waals surface area contributed by atoms with Crippen LogP contribution in [0.15, 0.2) is 24.8 Å². The summed E-state index contributed by atoms with van der Waals surface area (Å²) in [6, 6.07) is -0.439. The summed E-state index contributed by atoms with van der Waals surface area (Å²) in [6.45, 7) is 10.4. The Kier molecular flexibility index (Phi) is 5.75. The zero-order valence-electron chi connectivity index (χ0n) is 14.4. The minimum absolute atomic E-state index is 0.136. The molecule has 23 heavy (non-hydrogen) atoms. The lowest BCUT2D eigenvalue weighted by Crippen LogP contribution is -2.55. The number of rotatable bonds is 4. The largest absolute Gasteiger partial charge is 0.467 e. The molecule has 0 N–H and O–H groups in total. The zero-order chi connectivity index (χ0) is 17.8. The van der Waals surface area contributed by atoms with Crippen molar-refractivity contribution in [3.63, 3.8) is 0 Å². The van der Waals surface area contributed by atoms with Crippen molar-refractivity contribution in [3.05, 3.63) is 24.8 Å². The van der Waals surface area contributed by atoms with Gasteiger partial charge >= 0.3 is 12.1 Å². The fraction of sp³-hybridized carbons (Fsp3) is 0.588. The molecule has 0 unspecified atom stereocenters. The third-order valence-electron chi connectivity index (χ3n) is 3.60. The number of esters is 1. The van der Waals surface area contributed by atoms with Crippen LogP contribution in [-0.4, -0.2) is 47.0 Å². The molecule has 0 aromatic carbocycles. The molecule has 6 heteroatoms. The predicted molar refractivity (Wildman–Crippen MR) is 85.9 cm³/mol. The van der Waals surface area contributed by atoms with E-state index < -0.39 is 29.2 Å². The molecule has 1 amide bonds. The minimum atomic E-state index is -1.29. The van der Waals surface area contributed by atoms with E-state index in [9.17, 15) is 14.4 Å². The Morgan fingerprint density at radius 3 is 2.35 bits per heavy atom. The summed E-state index contributed by atoms with van der Waals surface area (Å²) in [6.07, 6.45) is 4.63. The Labute approximate surface area is 137 Å². The van der Waals surface area contributed by atoms with Crippen LogP contribution in [0.5, 0.6) is 0 Å². The molecule has 128 valence electrons. The van der Waals surface area contributed by atoms with Gasteiger partial charge in [-0.2, -0.15) is 0 Å². The molecule has 0 spiro atoms. The standard InChI is InChI=1S/C17H25NO5/c1-7-17(14(20)22-6)11-10-13(9-8-12(2)19)18(17)15(21)23-16(3,4)5/h7-9,13H,1,10-11H2,2-6H3/b9-8+/t13-,17+/m0/s1. The number of ketones is 1. The van der Waals surface area contributed by atoms with Gasteiger partial charge in [0.2, 0.25) is 0 Å². The molecule has 0 bridgehead atoms. The van der Waals surface area contributed by atoms with Crippen molar-refractivity contribution in [3.8, 4) is 0 Å². The molecule has 1 aliphatic heterocycles. The van der Waals surface area contributed by atoms with Crippen LogP contribution in [0.3, 0.4) is 0 Å². The normalized spacial score (nSPS) is 24.6. The molecule has 1 fully saturated rings. The molecule has 0 aromatic heterocycles. The Hall–Kier alpha value is -2.11. The fourth-order valence-corrected chi connectivity index (χ4v) is 2.61. The van der Waals surface area contributed by atoms with Gasteiger partial charge in [-0.1, -0.05) is 12.2 Å². The number of methoxy groups -OCH3 is 1. The van der Waals surface area contributed by atoms with Crippen LogP contribution in [0, 0.1) is 0 Å². The topological polar surface area (TPSA) is 72.9 Å². The van der Waals surface area contributed by atoms with E-state index in [1.807, 2.05) is 0 Å². The Balaban J connectivity index is 3.26. The molecule has 1 aliphatic rings. The Morgan fingerprint density at radius 2 is 1.91 bits per heavy atom. The van der Waals surface area contributed by atoms with Crippen molar-refractivity contribution >= 4 is 17.8 Å². The second kappa shape index (κ2) is 6.98. The summed E-state index contributed by atoms with van der Waals surface area (Å²) >= 11 is 0. The molecule has 1 saturated heterocycles. The number of carbonyl (C=O) groups excluding carboxylic acids is 3. The molecular formula is C17H25NO5. The summed E-state index contributed by atoms with van der Waals surface area (Å²) < 4.78 is 10.3. The van der Waals surface area contributed by atoms with E-state index in [-0.39, 0.29) is 5.78 Å². The summed E-state index contributed by atoms with van der Waals surface area (Å²) in [5.41, 5.74) is -2.00. The van der Waals surface area contributed by atoms with Crippen LogP contribution in [0.4, 0.5) is 4.79 Å². The molecule has 1 rings (SSSR count). The maximum Gasteiger partial charge on any atom is 0.412 e. The van der Waals surface area contributed by atoms with Crippen molar-refractivity contribution in [2.75, 3.05) is 7.11 Å². The van der Waals surface area contributed by atoms with Crippen LogP contribution in [0.2, 0.25) is 0 Å². The number of amides is 1. The van der Waals surface area contributed by atoms with Crippen molar-refractivity contribution in [1.82, 2.24) is 4.90 Å². The third-order valence-corrected chi connectivity index (χ3v) is 3.60. The molecule has 2 atom stereocenters. The Bertz CT molecular complexity index is 532. The minimum Gasteiger partial charge on any atom is -0.467 e. The summed E-state index contributed by atoms with van der Waals surface area (Å²) in [4.78, 5) is 37.4. The first-order valence-electron chi connectivity index (χ1n) is 7.50.